The topological polar surface area (TPSA) is 60.2 Å². The molecule has 0 atom stereocenters. The van der Waals surface area contributed by atoms with Crippen LogP contribution < -0.4 is 10.1 Å². The number of halogens is 1. The lowest BCUT2D eigenvalue weighted by atomic mass is 10.2. The van der Waals surface area contributed by atoms with Gasteiger partial charge in [-0.2, -0.15) is 0 Å². The molecular formula is C14H18FN3O2. The zero-order valence-electron chi connectivity index (χ0n) is 11.6. The third kappa shape index (κ3) is 4.03. The Kier molecular flexibility index (Phi) is 5.06. The third-order valence-corrected chi connectivity index (χ3v) is 2.68. The Labute approximate surface area is 117 Å². The van der Waals surface area contributed by atoms with Crippen LogP contribution in [0.15, 0.2) is 22.6 Å². The van der Waals surface area contributed by atoms with Crippen molar-refractivity contribution in [2.45, 2.75) is 33.4 Å². The van der Waals surface area contributed by atoms with Crippen molar-refractivity contribution in [3.63, 3.8) is 0 Å². The molecule has 2 aromatic rings. The zero-order chi connectivity index (χ0) is 14.4. The summed E-state index contributed by atoms with van der Waals surface area (Å²) in [5.41, 5.74) is 0.835. The predicted molar refractivity (Wildman–Crippen MR) is 71.8 cm³/mol. The molecule has 108 valence electrons. The lowest BCUT2D eigenvalue weighted by Crippen LogP contribution is -2.12. The minimum Gasteiger partial charge on any atom is -0.484 e. The van der Waals surface area contributed by atoms with Crippen LogP contribution in [0.5, 0.6) is 5.75 Å². The van der Waals surface area contributed by atoms with E-state index in [1.807, 2.05) is 13.8 Å². The Morgan fingerprint density at radius 3 is 2.70 bits per heavy atom. The van der Waals surface area contributed by atoms with Crippen molar-refractivity contribution < 1.29 is 13.5 Å². The van der Waals surface area contributed by atoms with Gasteiger partial charge in [0.15, 0.2) is 6.61 Å². The van der Waals surface area contributed by atoms with Gasteiger partial charge in [0.2, 0.25) is 5.89 Å². The van der Waals surface area contributed by atoms with Crippen molar-refractivity contribution >= 4 is 0 Å². The lowest BCUT2D eigenvalue weighted by Gasteiger charge is -2.07. The van der Waals surface area contributed by atoms with E-state index in [-0.39, 0.29) is 12.4 Å². The Bertz CT molecular complexity index is 557. The Hall–Kier alpha value is -1.95. The van der Waals surface area contributed by atoms with Gasteiger partial charge in [-0.25, -0.2) is 4.39 Å². The van der Waals surface area contributed by atoms with E-state index in [0.717, 1.165) is 12.1 Å². The lowest BCUT2D eigenvalue weighted by molar-refractivity contribution is 0.258. The van der Waals surface area contributed by atoms with Gasteiger partial charge in [0.1, 0.15) is 11.6 Å². The molecule has 2 rings (SSSR count). The fourth-order valence-electron chi connectivity index (χ4n) is 1.71. The number of benzene rings is 1. The normalized spacial score (nSPS) is 10.8. The van der Waals surface area contributed by atoms with Crippen LogP contribution in [0.4, 0.5) is 4.39 Å². The summed E-state index contributed by atoms with van der Waals surface area (Å²) in [5.74, 6) is 1.08. The molecule has 1 heterocycles. The smallest absolute Gasteiger partial charge is 0.253 e. The Morgan fingerprint density at radius 1 is 1.20 bits per heavy atom. The van der Waals surface area contributed by atoms with E-state index in [4.69, 9.17) is 9.15 Å². The van der Waals surface area contributed by atoms with Crippen molar-refractivity contribution in [2.24, 2.45) is 0 Å². The fourth-order valence-corrected chi connectivity index (χ4v) is 1.71. The standard InChI is InChI=1S/C14H18FN3O2/c1-3-13-17-18-14(20-13)9-19-12-6-10(8-16-4-2)5-11(15)7-12/h5-7,16H,3-4,8-9H2,1-2H3. The SMILES string of the molecule is CCNCc1cc(F)cc(OCc2nnc(CC)o2)c1. The van der Waals surface area contributed by atoms with Gasteiger partial charge in [-0.3, -0.25) is 0 Å². The number of aryl methyl sites for hydroxylation is 1. The molecule has 1 N–H and O–H groups in total. The molecule has 1 aromatic heterocycles. The van der Waals surface area contributed by atoms with E-state index in [1.54, 1.807) is 6.07 Å². The van der Waals surface area contributed by atoms with Crippen LogP contribution in [-0.2, 0) is 19.6 Å². The average molecular weight is 279 g/mol. The predicted octanol–water partition coefficient (Wildman–Crippen LogP) is 2.46. The maximum absolute atomic E-state index is 13.5. The van der Waals surface area contributed by atoms with Crippen molar-refractivity contribution in [1.82, 2.24) is 15.5 Å². The third-order valence-electron chi connectivity index (χ3n) is 2.68. The quantitative estimate of drug-likeness (QED) is 0.843. The number of hydrogen-bond acceptors (Lipinski definition) is 5. The number of nitrogens with zero attached hydrogens (tertiary/aromatic N) is 2. The summed E-state index contributed by atoms with van der Waals surface area (Å²) in [7, 11) is 0. The van der Waals surface area contributed by atoms with Gasteiger partial charge in [-0.15, -0.1) is 10.2 Å². The van der Waals surface area contributed by atoms with Gasteiger partial charge in [0, 0.05) is 19.0 Å². The van der Waals surface area contributed by atoms with Crippen molar-refractivity contribution in [2.75, 3.05) is 6.54 Å². The minimum atomic E-state index is -0.324. The van der Waals surface area contributed by atoms with Gasteiger partial charge >= 0.3 is 0 Å². The molecule has 1 aromatic carbocycles. The summed E-state index contributed by atoms with van der Waals surface area (Å²) >= 11 is 0. The first-order valence-electron chi connectivity index (χ1n) is 6.65. The Balaban J connectivity index is 1.99. The summed E-state index contributed by atoms with van der Waals surface area (Å²) in [4.78, 5) is 0. The second kappa shape index (κ2) is 7.00. The molecule has 20 heavy (non-hydrogen) atoms. The summed E-state index contributed by atoms with van der Waals surface area (Å²) in [6.45, 7) is 5.49. The summed E-state index contributed by atoms with van der Waals surface area (Å²) < 4.78 is 24.3. The monoisotopic (exact) mass is 279 g/mol. The van der Waals surface area contributed by atoms with Gasteiger partial charge in [-0.1, -0.05) is 13.8 Å². The molecule has 0 bridgehead atoms. The molecule has 6 heteroatoms. The highest BCUT2D eigenvalue weighted by Crippen LogP contribution is 2.17. The molecule has 0 unspecified atom stereocenters. The maximum atomic E-state index is 13.5. The molecule has 0 aliphatic heterocycles. The van der Waals surface area contributed by atoms with Gasteiger partial charge in [0.05, 0.1) is 0 Å². The molecule has 0 saturated carbocycles. The van der Waals surface area contributed by atoms with Gasteiger partial charge in [-0.05, 0) is 24.2 Å². The average Bonchev–Trinajstić information content (AvgIpc) is 2.90. The molecule has 0 spiro atoms. The van der Waals surface area contributed by atoms with Crippen molar-refractivity contribution in [1.29, 1.82) is 0 Å². The highest BCUT2D eigenvalue weighted by molar-refractivity contribution is 5.29. The molecule has 5 nitrogen and oxygen atoms in total. The Morgan fingerprint density at radius 2 is 2.00 bits per heavy atom. The van der Waals surface area contributed by atoms with E-state index in [0.29, 0.717) is 30.5 Å². The van der Waals surface area contributed by atoms with Gasteiger partial charge < -0.3 is 14.5 Å². The fraction of sp³-hybridized carbons (Fsp3) is 0.429. The van der Waals surface area contributed by atoms with Crippen molar-refractivity contribution in [3.05, 3.63) is 41.4 Å². The van der Waals surface area contributed by atoms with E-state index in [9.17, 15) is 4.39 Å². The van der Waals surface area contributed by atoms with Crippen molar-refractivity contribution in [3.8, 4) is 5.75 Å². The van der Waals surface area contributed by atoms with Crippen LogP contribution in [0.25, 0.3) is 0 Å². The van der Waals surface area contributed by atoms with E-state index in [2.05, 4.69) is 15.5 Å². The first-order valence-corrected chi connectivity index (χ1v) is 6.65. The zero-order valence-corrected chi connectivity index (χ0v) is 11.6. The first kappa shape index (κ1) is 14.5. The number of ether oxygens (including phenoxy) is 1. The van der Waals surface area contributed by atoms with Crippen LogP contribution in [0.3, 0.4) is 0 Å². The minimum absolute atomic E-state index is 0.136. The van der Waals surface area contributed by atoms with Crippen LogP contribution >= 0.6 is 0 Å². The van der Waals surface area contributed by atoms with E-state index in [1.165, 1.54) is 12.1 Å². The summed E-state index contributed by atoms with van der Waals surface area (Å²) in [6, 6.07) is 4.62. The highest BCUT2D eigenvalue weighted by atomic mass is 19.1. The van der Waals surface area contributed by atoms with Crippen LogP contribution in [0.2, 0.25) is 0 Å². The molecule has 0 aliphatic rings. The first-order chi connectivity index (χ1) is 9.71. The molecular weight excluding hydrogens is 261 g/mol. The number of hydrogen-bond donors (Lipinski definition) is 1. The number of rotatable bonds is 7. The second-order valence-electron chi connectivity index (χ2n) is 4.31. The molecule has 0 fully saturated rings. The second-order valence-corrected chi connectivity index (χ2v) is 4.31. The number of nitrogens with one attached hydrogen (secondary N) is 1. The molecule has 0 amide bonds. The van der Waals surface area contributed by atoms with E-state index < -0.39 is 0 Å². The number of aromatic nitrogens is 2. The van der Waals surface area contributed by atoms with Gasteiger partial charge in [0.25, 0.3) is 5.89 Å². The summed E-state index contributed by atoms with van der Waals surface area (Å²) in [5, 5.41) is 10.8. The van der Waals surface area contributed by atoms with E-state index >= 15 is 0 Å². The van der Waals surface area contributed by atoms with Crippen LogP contribution in [0.1, 0.15) is 31.2 Å². The highest BCUT2D eigenvalue weighted by Gasteiger charge is 2.07. The maximum Gasteiger partial charge on any atom is 0.253 e. The van der Waals surface area contributed by atoms with Crippen LogP contribution in [0, 0.1) is 5.82 Å². The van der Waals surface area contributed by atoms with Crippen LogP contribution in [-0.4, -0.2) is 16.7 Å². The summed E-state index contributed by atoms with van der Waals surface area (Å²) in [6.07, 6.45) is 0.680. The molecule has 0 saturated heterocycles. The molecule has 0 radical (unpaired) electrons. The molecule has 0 aliphatic carbocycles. The largest absolute Gasteiger partial charge is 0.484 e.